The first-order chi connectivity index (χ1) is 10.2. The predicted octanol–water partition coefficient (Wildman–Crippen LogP) is 2.22. The number of amides is 1. The Balaban J connectivity index is 1.98. The van der Waals surface area contributed by atoms with Crippen LogP contribution in [-0.2, 0) is 4.79 Å². The van der Waals surface area contributed by atoms with E-state index in [1.165, 1.54) is 0 Å². The fraction of sp³-hybridized carbons (Fsp3) is 0.588. The van der Waals surface area contributed by atoms with Gasteiger partial charge in [0.2, 0.25) is 0 Å². The number of aryl methyl sites for hydroxylation is 1. The highest BCUT2D eigenvalue weighted by Gasteiger charge is 2.31. The number of para-hydroxylation sites is 1. The van der Waals surface area contributed by atoms with Crippen LogP contribution in [0, 0.1) is 12.8 Å². The zero-order valence-electron chi connectivity index (χ0n) is 13.3. The molecule has 1 aliphatic heterocycles. The molecule has 116 valence electrons. The number of ether oxygens (including phenoxy) is 1. The molecular weight excluding hydrogens is 264 g/mol. The van der Waals surface area contributed by atoms with Crippen LogP contribution in [0.4, 0.5) is 0 Å². The summed E-state index contributed by atoms with van der Waals surface area (Å²) in [6.45, 7) is 6.67. The molecule has 0 bridgehead atoms. The maximum Gasteiger partial charge on any atom is 0.263 e. The van der Waals surface area contributed by atoms with Gasteiger partial charge in [-0.1, -0.05) is 25.1 Å². The number of carbonyl (C=O) groups is 1. The van der Waals surface area contributed by atoms with Crippen molar-refractivity contribution < 1.29 is 9.53 Å². The minimum atomic E-state index is -0.376. The molecule has 1 aromatic rings. The molecular formula is C17H26N2O2. The van der Waals surface area contributed by atoms with Gasteiger partial charge in [0.25, 0.3) is 5.91 Å². The van der Waals surface area contributed by atoms with Gasteiger partial charge in [0.05, 0.1) is 0 Å². The monoisotopic (exact) mass is 290 g/mol. The third-order valence-electron chi connectivity index (χ3n) is 4.10. The number of carbonyl (C=O) groups excluding carboxylic acids is 1. The molecule has 0 saturated carbocycles. The fourth-order valence-corrected chi connectivity index (χ4v) is 2.84. The van der Waals surface area contributed by atoms with Gasteiger partial charge in [0.1, 0.15) is 5.75 Å². The van der Waals surface area contributed by atoms with Crippen LogP contribution in [0.25, 0.3) is 0 Å². The second-order valence-electron chi connectivity index (χ2n) is 5.78. The summed E-state index contributed by atoms with van der Waals surface area (Å²) >= 11 is 0. The van der Waals surface area contributed by atoms with Crippen LogP contribution in [0.15, 0.2) is 24.3 Å². The number of benzene rings is 1. The Kier molecular flexibility index (Phi) is 5.62. The third-order valence-corrected chi connectivity index (χ3v) is 4.10. The molecule has 2 atom stereocenters. The lowest BCUT2D eigenvalue weighted by molar-refractivity contribution is -0.137. The van der Waals surface area contributed by atoms with Crippen LogP contribution in [0.1, 0.15) is 25.3 Å². The van der Waals surface area contributed by atoms with Gasteiger partial charge < -0.3 is 15.0 Å². The van der Waals surface area contributed by atoms with Gasteiger partial charge in [0.15, 0.2) is 6.10 Å². The predicted molar refractivity (Wildman–Crippen MR) is 84.5 cm³/mol. The minimum Gasteiger partial charge on any atom is -0.480 e. The molecule has 0 unspecified atom stereocenters. The molecule has 1 N–H and O–H groups in total. The maximum atomic E-state index is 12.6. The average Bonchev–Trinajstić information content (AvgIpc) is 2.95. The second kappa shape index (κ2) is 7.46. The van der Waals surface area contributed by atoms with Crippen molar-refractivity contribution in [3.05, 3.63) is 29.8 Å². The fourth-order valence-electron chi connectivity index (χ4n) is 2.84. The first kappa shape index (κ1) is 15.8. The maximum absolute atomic E-state index is 12.6. The summed E-state index contributed by atoms with van der Waals surface area (Å²) in [6.07, 6.45) is 1.40. The standard InChI is InChI=1S/C17H26N2O2/c1-4-15(21-16-8-6-5-7-13(16)2)17(20)19-10-9-14(12-19)11-18-3/h5-8,14-15,18H,4,9-12H2,1-3H3/t14-,15+/m0/s1. The molecule has 0 radical (unpaired) electrons. The lowest BCUT2D eigenvalue weighted by Gasteiger charge is -2.24. The summed E-state index contributed by atoms with van der Waals surface area (Å²) in [5, 5.41) is 3.19. The van der Waals surface area contributed by atoms with E-state index in [1.807, 2.05) is 50.1 Å². The molecule has 1 aromatic carbocycles. The molecule has 2 rings (SSSR count). The van der Waals surface area contributed by atoms with Crippen LogP contribution in [0.2, 0.25) is 0 Å². The van der Waals surface area contributed by atoms with E-state index >= 15 is 0 Å². The number of hydrogen-bond acceptors (Lipinski definition) is 3. The topological polar surface area (TPSA) is 41.6 Å². The summed E-state index contributed by atoms with van der Waals surface area (Å²) < 4.78 is 5.96. The van der Waals surface area contributed by atoms with Crippen molar-refractivity contribution in [1.29, 1.82) is 0 Å². The summed E-state index contributed by atoms with van der Waals surface area (Å²) in [5.41, 5.74) is 1.07. The van der Waals surface area contributed by atoms with E-state index < -0.39 is 0 Å². The lowest BCUT2D eigenvalue weighted by Crippen LogP contribution is -2.41. The number of likely N-dealkylation sites (tertiary alicyclic amines) is 1. The Labute approximate surface area is 127 Å². The van der Waals surface area contributed by atoms with E-state index in [4.69, 9.17) is 4.74 Å². The van der Waals surface area contributed by atoms with Crippen molar-refractivity contribution in [2.75, 3.05) is 26.7 Å². The van der Waals surface area contributed by atoms with Crippen LogP contribution < -0.4 is 10.1 Å². The molecule has 1 aliphatic rings. The summed E-state index contributed by atoms with van der Waals surface area (Å²) in [7, 11) is 1.96. The SMILES string of the molecule is CC[C@@H](Oc1ccccc1C)C(=O)N1CC[C@@H](CNC)C1. The van der Waals surface area contributed by atoms with Gasteiger partial charge in [-0.25, -0.2) is 0 Å². The first-order valence-electron chi connectivity index (χ1n) is 7.81. The van der Waals surface area contributed by atoms with Crippen molar-refractivity contribution in [1.82, 2.24) is 10.2 Å². The van der Waals surface area contributed by atoms with Gasteiger partial charge in [-0.2, -0.15) is 0 Å². The molecule has 0 aromatic heterocycles. The van der Waals surface area contributed by atoms with Crippen LogP contribution in [0.5, 0.6) is 5.75 Å². The zero-order chi connectivity index (χ0) is 15.2. The van der Waals surface area contributed by atoms with Gasteiger partial charge in [-0.05, 0) is 50.9 Å². The minimum absolute atomic E-state index is 0.124. The van der Waals surface area contributed by atoms with E-state index in [1.54, 1.807) is 0 Å². The summed E-state index contributed by atoms with van der Waals surface area (Å²) in [4.78, 5) is 14.6. The normalized spacial score (nSPS) is 19.6. The largest absolute Gasteiger partial charge is 0.480 e. The Morgan fingerprint density at radius 2 is 2.24 bits per heavy atom. The zero-order valence-corrected chi connectivity index (χ0v) is 13.3. The Bertz CT molecular complexity index is 476. The van der Waals surface area contributed by atoms with E-state index in [-0.39, 0.29) is 12.0 Å². The van der Waals surface area contributed by atoms with Crippen molar-refractivity contribution in [2.24, 2.45) is 5.92 Å². The average molecular weight is 290 g/mol. The van der Waals surface area contributed by atoms with Gasteiger partial charge in [0, 0.05) is 13.1 Å². The quantitative estimate of drug-likeness (QED) is 0.873. The van der Waals surface area contributed by atoms with Crippen LogP contribution in [0.3, 0.4) is 0 Å². The first-order valence-corrected chi connectivity index (χ1v) is 7.81. The molecule has 0 spiro atoms. The van der Waals surface area contributed by atoms with Gasteiger partial charge >= 0.3 is 0 Å². The van der Waals surface area contributed by atoms with Crippen molar-refractivity contribution in [3.63, 3.8) is 0 Å². The van der Waals surface area contributed by atoms with Crippen molar-refractivity contribution >= 4 is 5.91 Å². The second-order valence-corrected chi connectivity index (χ2v) is 5.78. The smallest absolute Gasteiger partial charge is 0.263 e. The Morgan fingerprint density at radius 3 is 2.90 bits per heavy atom. The molecule has 1 amide bonds. The number of hydrogen-bond donors (Lipinski definition) is 1. The highest BCUT2D eigenvalue weighted by atomic mass is 16.5. The number of nitrogens with one attached hydrogen (secondary N) is 1. The molecule has 1 saturated heterocycles. The van der Waals surface area contributed by atoms with Crippen molar-refractivity contribution in [2.45, 2.75) is 32.8 Å². The molecule has 4 heteroatoms. The molecule has 0 aliphatic carbocycles. The Morgan fingerprint density at radius 1 is 1.48 bits per heavy atom. The van der Waals surface area contributed by atoms with E-state index in [2.05, 4.69) is 5.32 Å². The summed E-state index contributed by atoms with van der Waals surface area (Å²) in [6, 6.07) is 7.86. The summed E-state index contributed by atoms with van der Waals surface area (Å²) in [5.74, 6) is 1.50. The molecule has 1 fully saturated rings. The number of rotatable bonds is 6. The van der Waals surface area contributed by atoms with Crippen LogP contribution >= 0.6 is 0 Å². The third kappa shape index (κ3) is 3.97. The van der Waals surface area contributed by atoms with E-state index in [9.17, 15) is 4.79 Å². The number of nitrogens with zero attached hydrogens (tertiary/aromatic N) is 1. The highest BCUT2D eigenvalue weighted by molar-refractivity contribution is 5.81. The lowest BCUT2D eigenvalue weighted by atomic mass is 10.1. The molecule has 21 heavy (non-hydrogen) atoms. The Hall–Kier alpha value is -1.55. The molecule has 1 heterocycles. The van der Waals surface area contributed by atoms with E-state index in [0.717, 1.165) is 37.4 Å². The van der Waals surface area contributed by atoms with Gasteiger partial charge in [-0.3, -0.25) is 4.79 Å². The molecule has 4 nitrogen and oxygen atoms in total. The van der Waals surface area contributed by atoms with E-state index in [0.29, 0.717) is 12.3 Å². The van der Waals surface area contributed by atoms with Gasteiger partial charge in [-0.15, -0.1) is 0 Å². The highest BCUT2D eigenvalue weighted by Crippen LogP contribution is 2.22. The van der Waals surface area contributed by atoms with Crippen LogP contribution in [-0.4, -0.2) is 43.6 Å². The van der Waals surface area contributed by atoms with Crippen molar-refractivity contribution in [3.8, 4) is 5.75 Å².